The van der Waals surface area contributed by atoms with E-state index < -0.39 is 0 Å². The van der Waals surface area contributed by atoms with Crippen LogP contribution in [-0.2, 0) is 16.0 Å². The summed E-state index contributed by atoms with van der Waals surface area (Å²) in [6.45, 7) is 0.397. The van der Waals surface area contributed by atoms with Gasteiger partial charge in [0, 0.05) is 6.54 Å². The average Bonchev–Trinajstić information content (AvgIpc) is 3.26. The number of ether oxygens (including phenoxy) is 3. The van der Waals surface area contributed by atoms with Crippen molar-refractivity contribution in [2.45, 2.75) is 6.42 Å². The van der Waals surface area contributed by atoms with Gasteiger partial charge in [-0.05, 0) is 71.8 Å². The lowest BCUT2D eigenvalue weighted by Gasteiger charge is -2.11. The molecule has 1 aliphatic heterocycles. The Morgan fingerprint density at radius 3 is 2.51 bits per heavy atom. The van der Waals surface area contributed by atoms with Gasteiger partial charge in [-0.15, -0.1) is 0 Å². The number of rotatable bonds is 10. The first kappa shape index (κ1) is 25.8. The summed E-state index contributed by atoms with van der Waals surface area (Å²) >= 11 is 1.25. The van der Waals surface area contributed by atoms with Gasteiger partial charge in [0.1, 0.15) is 5.75 Å². The molecule has 1 saturated heterocycles. The highest BCUT2D eigenvalue weighted by Crippen LogP contribution is 2.32. The first-order chi connectivity index (χ1) is 18.0. The Balaban J connectivity index is 1.34. The molecule has 2 N–H and O–H groups in total. The van der Waals surface area contributed by atoms with Gasteiger partial charge in [0.05, 0.1) is 24.8 Å². The zero-order chi connectivity index (χ0) is 26.0. The highest BCUT2D eigenvalue weighted by Gasteiger charge is 2.24. The van der Waals surface area contributed by atoms with Crippen LogP contribution in [0.5, 0.6) is 17.2 Å². The first-order valence-corrected chi connectivity index (χ1v) is 12.4. The van der Waals surface area contributed by atoms with Crippen molar-refractivity contribution < 1.29 is 23.8 Å². The van der Waals surface area contributed by atoms with Crippen molar-refractivity contribution in [2.75, 3.05) is 27.4 Å². The maximum absolute atomic E-state index is 12.5. The molecule has 8 nitrogen and oxygen atoms in total. The van der Waals surface area contributed by atoms with Crippen LogP contribution in [0.15, 0.2) is 82.7 Å². The van der Waals surface area contributed by atoms with Crippen LogP contribution < -0.4 is 24.8 Å². The second-order valence-corrected chi connectivity index (χ2v) is 8.99. The van der Waals surface area contributed by atoms with Gasteiger partial charge < -0.3 is 24.8 Å². The molecule has 0 spiro atoms. The molecule has 1 aliphatic rings. The minimum Gasteiger partial charge on any atom is -0.497 e. The lowest BCUT2D eigenvalue weighted by atomic mass is 10.1. The van der Waals surface area contributed by atoms with Crippen molar-refractivity contribution in [2.24, 2.45) is 4.99 Å². The SMILES string of the molecule is COc1ccc(N=C2NC(=O)/C(=C/c3ccc(OCC(=O)NCCc4ccccc4)c(OC)c3)S2)cc1. The topological polar surface area (TPSA) is 98.3 Å². The monoisotopic (exact) mass is 517 g/mol. The maximum Gasteiger partial charge on any atom is 0.264 e. The number of hydrogen-bond donors (Lipinski definition) is 2. The molecule has 1 fully saturated rings. The van der Waals surface area contributed by atoms with Crippen LogP contribution in [0.1, 0.15) is 11.1 Å². The lowest BCUT2D eigenvalue weighted by molar-refractivity contribution is -0.123. The average molecular weight is 518 g/mol. The van der Waals surface area contributed by atoms with Crippen LogP contribution in [0.3, 0.4) is 0 Å². The van der Waals surface area contributed by atoms with E-state index in [0.29, 0.717) is 33.8 Å². The third-order valence-electron chi connectivity index (χ3n) is 5.38. The Labute approximate surface area is 219 Å². The van der Waals surface area contributed by atoms with Gasteiger partial charge in [0.2, 0.25) is 0 Å². The molecule has 9 heteroatoms. The smallest absolute Gasteiger partial charge is 0.264 e. The van der Waals surface area contributed by atoms with E-state index in [0.717, 1.165) is 23.3 Å². The number of amidine groups is 1. The third kappa shape index (κ3) is 7.37. The van der Waals surface area contributed by atoms with E-state index in [-0.39, 0.29) is 18.4 Å². The standard InChI is InChI=1S/C28H27N3O5S/c1-34-22-11-9-21(10-12-22)30-28-31-27(33)25(37-28)17-20-8-13-23(24(16-20)35-2)36-18-26(32)29-15-14-19-6-4-3-5-7-19/h3-13,16-17H,14-15,18H2,1-2H3,(H,29,32)(H,30,31,33)/b25-17-. The molecule has 0 aliphatic carbocycles. The van der Waals surface area contributed by atoms with E-state index in [4.69, 9.17) is 14.2 Å². The zero-order valence-corrected chi connectivity index (χ0v) is 21.3. The normalized spacial score (nSPS) is 14.9. The Morgan fingerprint density at radius 1 is 1.00 bits per heavy atom. The molecule has 3 aromatic carbocycles. The van der Waals surface area contributed by atoms with Crippen molar-refractivity contribution >= 4 is 40.5 Å². The van der Waals surface area contributed by atoms with Crippen molar-refractivity contribution in [3.8, 4) is 17.2 Å². The minimum atomic E-state index is -0.233. The lowest BCUT2D eigenvalue weighted by Crippen LogP contribution is -2.30. The van der Waals surface area contributed by atoms with E-state index in [1.807, 2.05) is 54.6 Å². The molecule has 0 bridgehead atoms. The highest BCUT2D eigenvalue weighted by atomic mass is 32.2. The Hall–Kier alpha value is -4.24. The van der Waals surface area contributed by atoms with Gasteiger partial charge in [0.25, 0.3) is 11.8 Å². The fraction of sp³-hybridized carbons (Fsp3) is 0.179. The van der Waals surface area contributed by atoms with Crippen molar-refractivity contribution in [1.29, 1.82) is 0 Å². The summed E-state index contributed by atoms with van der Waals surface area (Å²) in [5.74, 6) is 1.18. The molecule has 1 heterocycles. The molecule has 190 valence electrons. The van der Waals surface area contributed by atoms with Crippen LogP contribution in [0.4, 0.5) is 5.69 Å². The largest absolute Gasteiger partial charge is 0.497 e. The summed E-state index contributed by atoms with van der Waals surface area (Å²) in [6.07, 6.45) is 2.50. The van der Waals surface area contributed by atoms with E-state index >= 15 is 0 Å². The fourth-order valence-electron chi connectivity index (χ4n) is 3.48. The number of methoxy groups -OCH3 is 2. The van der Waals surface area contributed by atoms with Gasteiger partial charge in [-0.25, -0.2) is 4.99 Å². The molecular formula is C28H27N3O5S. The van der Waals surface area contributed by atoms with Gasteiger partial charge in [-0.1, -0.05) is 36.4 Å². The second-order valence-electron chi connectivity index (χ2n) is 7.96. The zero-order valence-electron chi connectivity index (χ0n) is 20.5. The number of nitrogens with zero attached hydrogens (tertiary/aromatic N) is 1. The molecule has 0 aromatic heterocycles. The van der Waals surface area contributed by atoms with E-state index in [2.05, 4.69) is 15.6 Å². The summed E-state index contributed by atoms with van der Waals surface area (Å²) in [7, 11) is 3.12. The summed E-state index contributed by atoms with van der Waals surface area (Å²) in [5, 5.41) is 6.12. The van der Waals surface area contributed by atoms with E-state index in [1.165, 1.54) is 18.9 Å². The van der Waals surface area contributed by atoms with Crippen LogP contribution in [0.25, 0.3) is 6.08 Å². The number of carbonyl (C=O) groups excluding carboxylic acids is 2. The van der Waals surface area contributed by atoms with Gasteiger partial charge in [-0.2, -0.15) is 0 Å². The fourth-order valence-corrected chi connectivity index (χ4v) is 4.33. The number of carbonyl (C=O) groups is 2. The number of thioether (sulfide) groups is 1. The first-order valence-electron chi connectivity index (χ1n) is 11.6. The molecule has 37 heavy (non-hydrogen) atoms. The van der Waals surface area contributed by atoms with Gasteiger partial charge >= 0.3 is 0 Å². The predicted octanol–water partition coefficient (Wildman–Crippen LogP) is 4.33. The number of benzene rings is 3. The number of nitrogens with one attached hydrogen (secondary N) is 2. The molecular weight excluding hydrogens is 490 g/mol. The molecule has 4 rings (SSSR count). The van der Waals surface area contributed by atoms with Crippen LogP contribution in [0, 0.1) is 0 Å². The Bertz CT molecular complexity index is 1310. The highest BCUT2D eigenvalue weighted by molar-refractivity contribution is 8.18. The third-order valence-corrected chi connectivity index (χ3v) is 6.29. The quantitative estimate of drug-likeness (QED) is 0.389. The number of amides is 2. The number of hydrogen-bond acceptors (Lipinski definition) is 7. The number of aliphatic imine (C=N–C) groups is 1. The second kappa shape index (κ2) is 12.6. The van der Waals surface area contributed by atoms with E-state index in [1.54, 1.807) is 31.4 Å². The van der Waals surface area contributed by atoms with Crippen molar-refractivity contribution in [3.05, 3.63) is 88.8 Å². The van der Waals surface area contributed by atoms with Crippen LogP contribution >= 0.6 is 11.8 Å². The van der Waals surface area contributed by atoms with E-state index in [9.17, 15) is 9.59 Å². The molecule has 0 unspecified atom stereocenters. The minimum absolute atomic E-state index is 0.130. The predicted molar refractivity (Wildman–Crippen MR) is 145 cm³/mol. The molecule has 0 saturated carbocycles. The maximum atomic E-state index is 12.5. The molecule has 0 atom stereocenters. The Morgan fingerprint density at radius 2 is 1.78 bits per heavy atom. The Kier molecular flexibility index (Phi) is 8.83. The van der Waals surface area contributed by atoms with Crippen LogP contribution in [-0.4, -0.2) is 44.4 Å². The summed E-state index contributed by atoms with van der Waals surface area (Å²) in [4.78, 5) is 29.6. The van der Waals surface area contributed by atoms with Crippen molar-refractivity contribution in [1.82, 2.24) is 10.6 Å². The van der Waals surface area contributed by atoms with Gasteiger partial charge in [0.15, 0.2) is 23.3 Å². The summed E-state index contributed by atoms with van der Waals surface area (Å²) < 4.78 is 16.3. The van der Waals surface area contributed by atoms with Crippen molar-refractivity contribution in [3.63, 3.8) is 0 Å². The molecule has 2 amide bonds. The van der Waals surface area contributed by atoms with Gasteiger partial charge in [-0.3, -0.25) is 9.59 Å². The summed E-state index contributed by atoms with van der Waals surface area (Å²) in [5.41, 5.74) is 2.61. The molecule has 3 aromatic rings. The van der Waals surface area contributed by atoms with Crippen LogP contribution in [0.2, 0.25) is 0 Å². The molecule has 0 radical (unpaired) electrons. The summed E-state index contributed by atoms with van der Waals surface area (Å²) in [6, 6.07) is 22.4.